The standard InChI is InChI=1S/C22H28N2O3S/c1-17-13-14-21(18(2)15-17)24(28(26,27)20-11-7-4-8-12-20)16-22(25)23-19-9-5-3-6-10-19/h4,7-8,11-15,19H,3,5-6,9-10,16H2,1-2H3,(H,23,25). The summed E-state index contributed by atoms with van der Waals surface area (Å²) >= 11 is 0. The van der Waals surface area contributed by atoms with Crippen LogP contribution in [-0.4, -0.2) is 26.9 Å². The first kappa shape index (κ1) is 20.4. The number of hydrogen-bond acceptors (Lipinski definition) is 3. The topological polar surface area (TPSA) is 66.5 Å². The third-order valence-corrected chi connectivity index (χ3v) is 6.98. The van der Waals surface area contributed by atoms with E-state index in [2.05, 4.69) is 5.32 Å². The normalized spacial score (nSPS) is 15.2. The summed E-state index contributed by atoms with van der Waals surface area (Å²) in [5.74, 6) is -0.258. The van der Waals surface area contributed by atoms with E-state index < -0.39 is 10.0 Å². The summed E-state index contributed by atoms with van der Waals surface area (Å²) in [6.45, 7) is 3.61. The SMILES string of the molecule is Cc1ccc(N(CC(=O)NC2CCCCC2)S(=O)(=O)c2ccccc2)c(C)c1. The molecule has 0 unspecified atom stereocenters. The van der Waals surface area contributed by atoms with Gasteiger partial charge in [0.05, 0.1) is 10.6 Å². The van der Waals surface area contributed by atoms with Crippen LogP contribution in [0.4, 0.5) is 5.69 Å². The first-order valence-electron chi connectivity index (χ1n) is 9.82. The smallest absolute Gasteiger partial charge is 0.264 e. The lowest BCUT2D eigenvalue weighted by Gasteiger charge is -2.28. The molecule has 2 aromatic rings. The second kappa shape index (κ2) is 8.78. The van der Waals surface area contributed by atoms with Crippen molar-refractivity contribution in [3.8, 4) is 0 Å². The van der Waals surface area contributed by atoms with Crippen LogP contribution in [0.3, 0.4) is 0 Å². The number of carbonyl (C=O) groups is 1. The van der Waals surface area contributed by atoms with Crippen LogP contribution in [0.2, 0.25) is 0 Å². The average Bonchev–Trinajstić information content (AvgIpc) is 2.68. The van der Waals surface area contributed by atoms with Crippen molar-refractivity contribution in [2.24, 2.45) is 0 Å². The van der Waals surface area contributed by atoms with Gasteiger partial charge in [-0.1, -0.05) is 55.2 Å². The molecular weight excluding hydrogens is 372 g/mol. The number of rotatable bonds is 6. The maximum Gasteiger partial charge on any atom is 0.264 e. The molecule has 3 rings (SSSR count). The van der Waals surface area contributed by atoms with Crippen LogP contribution in [0.25, 0.3) is 0 Å². The third-order valence-electron chi connectivity index (χ3n) is 5.21. The molecule has 1 aliphatic rings. The lowest BCUT2D eigenvalue weighted by atomic mass is 9.95. The van der Waals surface area contributed by atoms with E-state index in [1.54, 1.807) is 36.4 Å². The van der Waals surface area contributed by atoms with E-state index >= 15 is 0 Å². The minimum absolute atomic E-state index is 0.140. The summed E-state index contributed by atoms with van der Waals surface area (Å²) in [5, 5.41) is 3.03. The summed E-state index contributed by atoms with van der Waals surface area (Å²) < 4.78 is 27.9. The molecule has 2 aromatic carbocycles. The van der Waals surface area contributed by atoms with Gasteiger partial charge in [-0.3, -0.25) is 9.10 Å². The predicted molar refractivity (Wildman–Crippen MR) is 112 cm³/mol. The molecule has 0 radical (unpaired) electrons. The fraction of sp³-hybridized carbons (Fsp3) is 0.409. The first-order valence-corrected chi connectivity index (χ1v) is 11.3. The quantitative estimate of drug-likeness (QED) is 0.798. The zero-order valence-electron chi connectivity index (χ0n) is 16.5. The number of aryl methyl sites for hydroxylation is 2. The van der Waals surface area contributed by atoms with E-state index in [0.29, 0.717) is 5.69 Å². The molecule has 6 heteroatoms. The summed E-state index contributed by atoms with van der Waals surface area (Å²) in [6.07, 6.45) is 5.33. The van der Waals surface area contributed by atoms with Crippen LogP contribution in [0.1, 0.15) is 43.2 Å². The highest BCUT2D eigenvalue weighted by Gasteiger charge is 2.29. The van der Waals surface area contributed by atoms with E-state index in [4.69, 9.17) is 0 Å². The number of nitrogens with one attached hydrogen (secondary N) is 1. The van der Waals surface area contributed by atoms with Gasteiger partial charge in [-0.15, -0.1) is 0 Å². The van der Waals surface area contributed by atoms with Crippen LogP contribution in [0.15, 0.2) is 53.4 Å². The van der Waals surface area contributed by atoms with Crippen LogP contribution >= 0.6 is 0 Å². The van der Waals surface area contributed by atoms with Crippen molar-refractivity contribution < 1.29 is 13.2 Å². The fourth-order valence-electron chi connectivity index (χ4n) is 3.76. The van der Waals surface area contributed by atoms with Crippen molar-refractivity contribution in [3.05, 3.63) is 59.7 Å². The Labute approximate surface area is 167 Å². The molecule has 0 bridgehead atoms. The van der Waals surface area contributed by atoms with Gasteiger partial charge in [0.15, 0.2) is 0 Å². The number of hydrogen-bond donors (Lipinski definition) is 1. The Hall–Kier alpha value is -2.34. The van der Waals surface area contributed by atoms with Crippen molar-refractivity contribution in [2.75, 3.05) is 10.8 Å². The molecule has 0 aliphatic heterocycles. The minimum Gasteiger partial charge on any atom is -0.352 e. The van der Waals surface area contributed by atoms with E-state index in [1.807, 2.05) is 26.0 Å². The lowest BCUT2D eigenvalue weighted by molar-refractivity contribution is -0.120. The zero-order valence-corrected chi connectivity index (χ0v) is 17.3. The summed E-state index contributed by atoms with van der Waals surface area (Å²) in [5.41, 5.74) is 2.41. The lowest BCUT2D eigenvalue weighted by Crippen LogP contribution is -2.45. The highest BCUT2D eigenvalue weighted by molar-refractivity contribution is 7.92. The molecule has 5 nitrogen and oxygen atoms in total. The van der Waals surface area contributed by atoms with Gasteiger partial charge in [-0.2, -0.15) is 0 Å². The molecule has 28 heavy (non-hydrogen) atoms. The number of sulfonamides is 1. The number of anilines is 1. The van der Waals surface area contributed by atoms with Crippen molar-refractivity contribution >= 4 is 21.6 Å². The van der Waals surface area contributed by atoms with Gasteiger partial charge in [0.25, 0.3) is 10.0 Å². The molecule has 150 valence electrons. The molecular formula is C22H28N2O3S. The van der Waals surface area contributed by atoms with E-state index in [0.717, 1.165) is 36.8 Å². The second-order valence-corrected chi connectivity index (χ2v) is 9.38. The van der Waals surface area contributed by atoms with Gasteiger partial charge in [-0.05, 0) is 50.5 Å². The molecule has 1 fully saturated rings. The molecule has 1 aliphatic carbocycles. The number of amides is 1. The number of benzene rings is 2. The molecule has 0 atom stereocenters. The molecule has 1 amide bonds. The molecule has 0 spiro atoms. The largest absolute Gasteiger partial charge is 0.352 e. The third kappa shape index (κ3) is 4.73. The molecule has 0 aromatic heterocycles. The van der Waals surface area contributed by atoms with Gasteiger partial charge in [-0.25, -0.2) is 8.42 Å². The summed E-state index contributed by atoms with van der Waals surface area (Å²) in [6, 6.07) is 14.0. The van der Waals surface area contributed by atoms with Gasteiger partial charge >= 0.3 is 0 Å². The Morgan fingerprint density at radius 3 is 2.36 bits per heavy atom. The monoisotopic (exact) mass is 400 g/mol. The summed E-state index contributed by atoms with van der Waals surface area (Å²) in [7, 11) is -3.85. The van der Waals surface area contributed by atoms with Crippen molar-refractivity contribution in [1.82, 2.24) is 5.32 Å². The van der Waals surface area contributed by atoms with Crippen LogP contribution in [0, 0.1) is 13.8 Å². The Kier molecular flexibility index (Phi) is 6.39. The number of carbonyl (C=O) groups excluding carboxylic acids is 1. The maximum atomic E-state index is 13.3. The van der Waals surface area contributed by atoms with Crippen LogP contribution < -0.4 is 9.62 Å². The number of nitrogens with zero attached hydrogens (tertiary/aromatic N) is 1. The first-order chi connectivity index (χ1) is 13.4. The van der Waals surface area contributed by atoms with Crippen molar-refractivity contribution in [1.29, 1.82) is 0 Å². The van der Waals surface area contributed by atoms with Crippen LogP contribution in [0.5, 0.6) is 0 Å². The average molecular weight is 401 g/mol. The Bertz CT molecular complexity index is 920. The fourth-order valence-corrected chi connectivity index (χ4v) is 5.26. The van der Waals surface area contributed by atoms with Gasteiger partial charge in [0.2, 0.25) is 5.91 Å². The maximum absolute atomic E-state index is 13.3. The highest BCUT2D eigenvalue weighted by Crippen LogP contribution is 2.27. The minimum atomic E-state index is -3.85. The van der Waals surface area contributed by atoms with E-state index in [9.17, 15) is 13.2 Å². The molecule has 0 saturated heterocycles. The zero-order chi connectivity index (χ0) is 20.1. The van der Waals surface area contributed by atoms with E-state index in [1.165, 1.54) is 10.7 Å². The van der Waals surface area contributed by atoms with Crippen molar-refractivity contribution in [3.63, 3.8) is 0 Å². The molecule has 1 N–H and O–H groups in total. The Morgan fingerprint density at radius 1 is 1.04 bits per heavy atom. The van der Waals surface area contributed by atoms with E-state index in [-0.39, 0.29) is 23.4 Å². The summed E-state index contributed by atoms with van der Waals surface area (Å²) in [4.78, 5) is 12.9. The predicted octanol–water partition coefficient (Wildman–Crippen LogP) is 3.95. The second-order valence-electron chi connectivity index (χ2n) is 7.52. The van der Waals surface area contributed by atoms with Gasteiger partial charge in [0.1, 0.15) is 6.54 Å². The molecule has 0 heterocycles. The van der Waals surface area contributed by atoms with Gasteiger partial charge < -0.3 is 5.32 Å². The Balaban J connectivity index is 1.91. The van der Waals surface area contributed by atoms with Gasteiger partial charge in [0, 0.05) is 6.04 Å². The highest BCUT2D eigenvalue weighted by atomic mass is 32.2. The Morgan fingerprint density at radius 2 is 1.71 bits per heavy atom. The van der Waals surface area contributed by atoms with Crippen LogP contribution in [-0.2, 0) is 14.8 Å². The van der Waals surface area contributed by atoms with Crippen molar-refractivity contribution in [2.45, 2.75) is 56.9 Å². The molecule has 1 saturated carbocycles.